The van der Waals surface area contributed by atoms with Crippen LogP contribution in [0.25, 0.3) is 0 Å². The molecule has 2 amide bonds. The molecule has 4 rings (SSSR count). The van der Waals surface area contributed by atoms with Crippen LogP contribution in [0.5, 0.6) is 11.5 Å². The van der Waals surface area contributed by atoms with Crippen LogP contribution in [0.3, 0.4) is 0 Å². The molecular formula is C21H23N3O3. The summed E-state index contributed by atoms with van der Waals surface area (Å²) < 4.78 is 5.72. The van der Waals surface area contributed by atoms with Gasteiger partial charge in [-0.2, -0.15) is 0 Å². The number of amides is 2. The van der Waals surface area contributed by atoms with Crippen molar-refractivity contribution in [3.8, 4) is 11.5 Å². The summed E-state index contributed by atoms with van der Waals surface area (Å²) in [5, 5.41) is 2.97. The standard InChI is InChI=1S/C21H23N3O3/c25-20(15-9-13-24(14-10-15)21(26)16-1-2-16)23-17-3-5-18(6-4-17)27-19-7-11-22-12-8-19/h3-8,11-12,15-16H,1-2,9-10,13-14H2,(H,23,25). The molecule has 140 valence electrons. The molecule has 6 heteroatoms. The Morgan fingerprint density at radius 2 is 1.52 bits per heavy atom. The topological polar surface area (TPSA) is 71.5 Å². The van der Waals surface area contributed by atoms with Gasteiger partial charge in [0.15, 0.2) is 0 Å². The first-order valence-corrected chi connectivity index (χ1v) is 9.46. The molecule has 0 unspecified atom stereocenters. The van der Waals surface area contributed by atoms with E-state index < -0.39 is 0 Å². The number of benzene rings is 1. The summed E-state index contributed by atoms with van der Waals surface area (Å²) in [5.74, 6) is 1.93. The van der Waals surface area contributed by atoms with Crippen LogP contribution in [0.15, 0.2) is 48.8 Å². The largest absolute Gasteiger partial charge is 0.457 e. The Hall–Kier alpha value is -2.89. The fourth-order valence-electron chi connectivity index (χ4n) is 3.34. The third-order valence-electron chi connectivity index (χ3n) is 5.11. The average molecular weight is 365 g/mol. The van der Waals surface area contributed by atoms with Gasteiger partial charge in [0.25, 0.3) is 0 Å². The maximum Gasteiger partial charge on any atom is 0.227 e. The highest BCUT2D eigenvalue weighted by Crippen LogP contribution is 2.32. The van der Waals surface area contributed by atoms with E-state index in [-0.39, 0.29) is 23.7 Å². The molecule has 2 aromatic rings. The lowest BCUT2D eigenvalue weighted by atomic mass is 9.95. The van der Waals surface area contributed by atoms with Gasteiger partial charge in [-0.3, -0.25) is 14.6 Å². The summed E-state index contributed by atoms with van der Waals surface area (Å²) in [6.45, 7) is 1.37. The molecule has 1 aromatic heterocycles. The van der Waals surface area contributed by atoms with Gasteiger partial charge < -0.3 is 15.0 Å². The molecule has 0 atom stereocenters. The lowest BCUT2D eigenvalue weighted by molar-refractivity contribution is -0.135. The number of carbonyl (C=O) groups is 2. The number of piperidine rings is 1. The van der Waals surface area contributed by atoms with Crippen LogP contribution in [0.2, 0.25) is 0 Å². The van der Waals surface area contributed by atoms with E-state index in [2.05, 4.69) is 10.3 Å². The molecule has 0 radical (unpaired) electrons. The van der Waals surface area contributed by atoms with Gasteiger partial charge >= 0.3 is 0 Å². The molecule has 2 aliphatic rings. The van der Waals surface area contributed by atoms with Gasteiger partial charge in [0.2, 0.25) is 11.8 Å². The highest BCUT2D eigenvalue weighted by atomic mass is 16.5. The number of likely N-dealkylation sites (tertiary alicyclic amines) is 1. The third-order valence-corrected chi connectivity index (χ3v) is 5.11. The van der Waals surface area contributed by atoms with Crippen molar-refractivity contribution in [1.29, 1.82) is 0 Å². The monoisotopic (exact) mass is 365 g/mol. The smallest absolute Gasteiger partial charge is 0.227 e. The van der Waals surface area contributed by atoms with E-state index in [0.717, 1.165) is 31.4 Å². The first-order chi connectivity index (χ1) is 13.2. The van der Waals surface area contributed by atoms with Crippen molar-refractivity contribution >= 4 is 17.5 Å². The number of rotatable bonds is 5. The van der Waals surface area contributed by atoms with Crippen molar-refractivity contribution in [2.45, 2.75) is 25.7 Å². The Labute approximate surface area is 158 Å². The molecule has 0 spiro atoms. The normalized spacial score (nSPS) is 17.4. The van der Waals surface area contributed by atoms with Crippen molar-refractivity contribution in [3.63, 3.8) is 0 Å². The molecule has 1 N–H and O–H groups in total. The van der Waals surface area contributed by atoms with Gasteiger partial charge in [0.1, 0.15) is 11.5 Å². The molecule has 2 heterocycles. The second kappa shape index (κ2) is 7.78. The Morgan fingerprint density at radius 1 is 0.889 bits per heavy atom. The number of aromatic nitrogens is 1. The SMILES string of the molecule is O=C(Nc1ccc(Oc2ccncc2)cc1)C1CCN(C(=O)C2CC2)CC1. The van der Waals surface area contributed by atoms with Crippen LogP contribution in [0, 0.1) is 11.8 Å². The van der Waals surface area contributed by atoms with Crippen molar-refractivity contribution in [3.05, 3.63) is 48.8 Å². The van der Waals surface area contributed by atoms with Crippen LogP contribution >= 0.6 is 0 Å². The van der Waals surface area contributed by atoms with Crippen LogP contribution in [-0.2, 0) is 9.59 Å². The van der Waals surface area contributed by atoms with Crippen molar-refractivity contribution < 1.29 is 14.3 Å². The van der Waals surface area contributed by atoms with E-state index in [4.69, 9.17) is 4.74 Å². The minimum atomic E-state index is -0.0407. The molecular weight excluding hydrogens is 342 g/mol. The van der Waals surface area contributed by atoms with Gasteiger partial charge in [0.05, 0.1) is 0 Å². The second-order valence-electron chi connectivity index (χ2n) is 7.17. The summed E-state index contributed by atoms with van der Waals surface area (Å²) in [6, 6.07) is 10.9. The Balaban J connectivity index is 1.27. The van der Waals surface area contributed by atoms with Crippen molar-refractivity contribution in [2.24, 2.45) is 11.8 Å². The Morgan fingerprint density at radius 3 is 2.15 bits per heavy atom. The van der Waals surface area contributed by atoms with E-state index in [1.165, 1.54) is 0 Å². The predicted octanol–water partition coefficient (Wildman–Crippen LogP) is 3.46. The summed E-state index contributed by atoms with van der Waals surface area (Å²) >= 11 is 0. The molecule has 2 fully saturated rings. The third kappa shape index (κ3) is 4.45. The zero-order chi connectivity index (χ0) is 18.6. The van der Waals surface area contributed by atoms with E-state index in [1.807, 2.05) is 29.2 Å². The van der Waals surface area contributed by atoms with E-state index in [9.17, 15) is 9.59 Å². The number of hydrogen-bond acceptors (Lipinski definition) is 4. The number of carbonyl (C=O) groups excluding carboxylic acids is 2. The van der Waals surface area contributed by atoms with E-state index in [1.54, 1.807) is 24.5 Å². The van der Waals surface area contributed by atoms with E-state index >= 15 is 0 Å². The number of nitrogens with one attached hydrogen (secondary N) is 1. The van der Waals surface area contributed by atoms with Crippen LogP contribution < -0.4 is 10.1 Å². The summed E-state index contributed by atoms with van der Waals surface area (Å²) in [7, 11) is 0. The number of nitrogens with zero attached hydrogens (tertiary/aromatic N) is 2. The molecule has 0 bridgehead atoms. The maximum absolute atomic E-state index is 12.5. The zero-order valence-corrected chi connectivity index (χ0v) is 15.1. The van der Waals surface area contributed by atoms with Crippen molar-refractivity contribution in [1.82, 2.24) is 9.88 Å². The van der Waals surface area contributed by atoms with Gasteiger partial charge in [-0.05, 0) is 62.1 Å². The molecule has 27 heavy (non-hydrogen) atoms. The second-order valence-corrected chi connectivity index (χ2v) is 7.17. The maximum atomic E-state index is 12.5. The number of anilines is 1. The van der Waals surface area contributed by atoms with Gasteiger partial charge in [0, 0.05) is 43.0 Å². The lowest BCUT2D eigenvalue weighted by Gasteiger charge is -2.31. The van der Waals surface area contributed by atoms with Crippen LogP contribution in [0.4, 0.5) is 5.69 Å². The van der Waals surface area contributed by atoms with Gasteiger partial charge in [-0.1, -0.05) is 0 Å². The highest BCUT2D eigenvalue weighted by Gasteiger charge is 2.35. The fourth-order valence-corrected chi connectivity index (χ4v) is 3.34. The quantitative estimate of drug-likeness (QED) is 0.881. The first kappa shape index (κ1) is 17.5. The predicted molar refractivity (Wildman–Crippen MR) is 101 cm³/mol. The molecule has 6 nitrogen and oxygen atoms in total. The Kier molecular flexibility index (Phi) is 5.05. The summed E-state index contributed by atoms with van der Waals surface area (Å²) in [4.78, 5) is 30.5. The number of ether oxygens (including phenoxy) is 1. The van der Waals surface area contributed by atoms with Gasteiger partial charge in [-0.15, -0.1) is 0 Å². The number of hydrogen-bond donors (Lipinski definition) is 1. The molecule has 1 aliphatic carbocycles. The average Bonchev–Trinajstić information content (AvgIpc) is 3.55. The Bertz CT molecular complexity index is 795. The molecule has 1 aliphatic heterocycles. The molecule has 1 saturated heterocycles. The fraction of sp³-hybridized carbons (Fsp3) is 0.381. The zero-order valence-electron chi connectivity index (χ0n) is 15.1. The first-order valence-electron chi connectivity index (χ1n) is 9.46. The number of pyridine rings is 1. The summed E-state index contributed by atoms with van der Waals surface area (Å²) in [6.07, 6.45) is 6.86. The summed E-state index contributed by atoms with van der Waals surface area (Å²) in [5.41, 5.74) is 0.749. The minimum Gasteiger partial charge on any atom is -0.457 e. The van der Waals surface area contributed by atoms with Crippen molar-refractivity contribution in [2.75, 3.05) is 18.4 Å². The molecule has 1 aromatic carbocycles. The highest BCUT2D eigenvalue weighted by molar-refractivity contribution is 5.92. The van der Waals surface area contributed by atoms with Crippen LogP contribution in [0.1, 0.15) is 25.7 Å². The minimum absolute atomic E-state index is 0.0244. The lowest BCUT2D eigenvalue weighted by Crippen LogP contribution is -2.42. The van der Waals surface area contributed by atoms with Crippen LogP contribution in [-0.4, -0.2) is 34.8 Å². The van der Waals surface area contributed by atoms with E-state index in [0.29, 0.717) is 24.6 Å². The molecule has 1 saturated carbocycles. The van der Waals surface area contributed by atoms with Gasteiger partial charge in [-0.25, -0.2) is 0 Å².